The minimum Gasteiger partial charge on any atom is -0.309 e. The van der Waals surface area contributed by atoms with Crippen LogP contribution in [-0.4, -0.2) is 19.1 Å². The van der Waals surface area contributed by atoms with Gasteiger partial charge in [0.1, 0.15) is 0 Å². The predicted octanol–water partition coefficient (Wildman–Crippen LogP) is 11.2. The maximum Gasteiger partial charge on any atom is 0.160 e. The van der Waals surface area contributed by atoms with Crippen molar-refractivity contribution >= 4 is 54.6 Å². The van der Waals surface area contributed by atoms with E-state index in [1.807, 2.05) is 0 Å². The molecule has 0 radical (unpaired) electrons. The van der Waals surface area contributed by atoms with Gasteiger partial charge in [-0.05, 0) is 72.8 Å². The highest BCUT2D eigenvalue weighted by Crippen LogP contribution is 2.34. The van der Waals surface area contributed by atoms with Gasteiger partial charge in [0.15, 0.2) is 5.65 Å². The number of hydrogen-bond acceptors (Lipinski definition) is 2. The van der Waals surface area contributed by atoms with Crippen molar-refractivity contribution < 1.29 is 0 Å². The van der Waals surface area contributed by atoms with Crippen LogP contribution in [0.15, 0.2) is 170 Å². The van der Waals surface area contributed by atoms with E-state index < -0.39 is 0 Å². The zero-order valence-corrected chi connectivity index (χ0v) is 26.0. The highest BCUT2D eigenvalue weighted by Gasteiger charge is 2.14. The van der Waals surface area contributed by atoms with Crippen LogP contribution >= 0.6 is 0 Å². The summed E-state index contributed by atoms with van der Waals surface area (Å²) in [6.07, 6.45) is 0. The summed E-state index contributed by atoms with van der Waals surface area (Å²) < 4.78 is 4.67. The van der Waals surface area contributed by atoms with Crippen LogP contribution in [0.25, 0.3) is 88.5 Å². The maximum absolute atomic E-state index is 5.03. The Morgan fingerprint density at radius 3 is 1.00 bits per heavy atom. The van der Waals surface area contributed by atoms with Crippen LogP contribution in [-0.2, 0) is 0 Å². The maximum atomic E-state index is 5.03. The molecule has 0 N–H and O–H groups in total. The second-order valence-electron chi connectivity index (χ2n) is 12.3. The van der Waals surface area contributed by atoms with Crippen molar-refractivity contribution in [3.8, 4) is 33.9 Å². The number of fused-ring (bicyclic) bond motifs is 7. The number of para-hydroxylation sites is 4. The fourth-order valence-electron chi connectivity index (χ4n) is 7.28. The molecule has 0 aliphatic heterocycles. The highest BCUT2D eigenvalue weighted by atomic mass is 15.0. The lowest BCUT2D eigenvalue weighted by Crippen LogP contribution is -1.95. The lowest BCUT2D eigenvalue weighted by atomic mass is 10.1. The van der Waals surface area contributed by atoms with Crippen LogP contribution in [0.4, 0.5) is 0 Å². The Balaban J connectivity index is 0.994. The van der Waals surface area contributed by atoms with Crippen molar-refractivity contribution in [2.24, 2.45) is 0 Å². The quantitative estimate of drug-likeness (QED) is 0.198. The van der Waals surface area contributed by atoms with Crippen molar-refractivity contribution in [2.75, 3.05) is 0 Å². The van der Waals surface area contributed by atoms with Gasteiger partial charge in [-0.3, -0.25) is 0 Å². The highest BCUT2D eigenvalue weighted by molar-refractivity contribution is 6.10. The Morgan fingerprint density at radius 1 is 0.312 bits per heavy atom. The van der Waals surface area contributed by atoms with E-state index >= 15 is 0 Å². The molecule has 0 saturated heterocycles. The molecule has 4 heterocycles. The van der Waals surface area contributed by atoms with E-state index in [9.17, 15) is 0 Å². The van der Waals surface area contributed by atoms with Crippen molar-refractivity contribution in [3.63, 3.8) is 0 Å². The zero-order valence-electron chi connectivity index (χ0n) is 26.0. The summed E-state index contributed by atoms with van der Waals surface area (Å²) in [6.45, 7) is 0. The van der Waals surface area contributed by atoms with Gasteiger partial charge in [-0.2, -0.15) is 0 Å². The molecule has 4 heteroatoms. The third-order valence-electron chi connectivity index (χ3n) is 9.56. The first-order valence-electron chi connectivity index (χ1n) is 16.3. The summed E-state index contributed by atoms with van der Waals surface area (Å²) in [5.41, 5.74) is 11.7. The molecule has 0 bridgehead atoms. The molecule has 0 saturated carbocycles. The summed E-state index contributed by atoms with van der Waals surface area (Å²) in [5.74, 6) is 0. The fraction of sp³-hybridized carbons (Fsp3) is 0. The summed E-state index contributed by atoms with van der Waals surface area (Å²) in [5, 5.41) is 6.06. The fourth-order valence-corrected chi connectivity index (χ4v) is 7.28. The molecule has 48 heavy (non-hydrogen) atoms. The average Bonchev–Trinajstić information content (AvgIpc) is 3.68. The van der Waals surface area contributed by atoms with E-state index in [0.717, 1.165) is 44.9 Å². The molecular formula is C44H28N4. The third kappa shape index (κ3) is 4.10. The second-order valence-corrected chi connectivity index (χ2v) is 12.3. The molecule has 0 fully saturated rings. The zero-order chi connectivity index (χ0) is 31.6. The monoisotopic (exact) mass is 612 g/mol. The minimum absolute atomic E-state index is 0.739. The van der Waals surface area contributed by atoms with E-state index in [2.05, 4.69) is 179 Å². The number of rotatable bonds is 4. The standard InChI is InChI=1S/C44H28N4/c1-5-13-40-34(9-1)35-10-2-6-14-41(35)47(40)32-23-17-29(18-24-32)38-27-21-31-22-28-39(46-44(31)45-38)30-19-25-33(26-20-30)48-42-15-7-3-11-36(42)37-12-4-8-16-43(37)48/h1-28H. The molecule has 10 rings (SSSR count). The molecule has 0 amide bonds. The largest absolute Gasteiger partial charge is 0.309 e. The van der Waals surface area contributed by atoms with Crippen molar-refractivity contribution in [3.05, 3.63) is 170 Å². The van der Waals surface area contributed by atoms with E-state index in [4.69, 9.17) is 9.97 Å². The smallest absolute Gasteiger partial charge is 0.160 e. The Labute approximate surface area is 276 Å². The second kappa shape index (κ2) is 10.5. The van der Waals surface area contributed by atoms with Crippen molar-refractivity contribution in [1.29, 1.82) is 0 Å². The molecule has 0 unspecified atom stereocenters. The Morgan fingerprint density at radius 2 is 0.646 bits per heavy atom. The number of pyridine rings is 2. The van der Waals surface area contributed by atoms with Gasteiger partial charge in [-0.25, -0.2) is 9.97 Å². The van der Waals surface area contributed by atoms with Gasteiger partial charge in [0, 0.05) is 49.4 Å². The molecule has 224 valence electrons. The van der Waals surface area contributed by atoms with E-state index in [-0.39, 0.29) is 0 Å². The van der Waals surface area contributed by atoms with Gasteiger partial charge in [-0.1, -0.05) is 97.1 Å². The number of aromatic nitrogens is 4. The van der Waals surface area contributed by atoms with Gasteiger partial charge in [0.2, 0.25) is 0 Å². The minimum atomic E-state index is 0.739. The lowest BCUT2D eigenvalue weighted by Gasteiger charge is -2.10. The van der Waals surface area contributed by atoms with Gasteiger partial charge < -0.3 is 9.13 Å². The van der Waals surface area contributed by atoms with Crippen LogP contribution in [0, 0.1) is 0 Å². The molecule has 0 aliphatic rings. The van der Waals surface area contributed by atoms with Crippen LogP contribution in [0.5, 0.6) is 0 Å². The van der Waals surface area contributed by atoms with Gasteiger partial charge >= 0.3 is 0 Å². The first-order valence-corrected chi connectivity index (χ1v) is 16.3. The first-order chi connectivity index (χ1) is 23.8. The Bertz CT molecular complexity index is 2520. The first kappa shape index (κ1) is 26.7. The summed E-state index contributed by atoms with van der Waals surface area (Å²) in [7, 11) is 0. The van der Waals surface area contributed by atoms with E-state index in [0.29, 0.717) is 0 Å². The normalized spacial score (nSPS) is 11.8. The molecule has 4 nitrogen and oxygen atoms in total. The average molecular weight is 613 g/mol. The summed E-state index contributed by atoms with van der Waals surface area (Å²) >= 11 is 0. The topological polar surface area (TPSA) is 35.6 Å². The van der Waals surface area contributed by atoms with Crippen LogP contribution in [0.2, 0.25) is 0 Å². The lowest BCUT2D eigenvalue weighted by molar-refractivity contribution is 1.18. The molecule has 0 atom stereocenters. The number of benzene rings is 6. The van der Waals surface area contributed by atoms with Crippen molar-refractivity contribution in [2.45, 2.75) is 0 Å². The summed E-state index contributed by atoms with van der Waals surface area (Å²) in [6, 6.07) is 60.1. The van der Waals surface area contributed by atoms with E-state index in [1.165, 1.54) is 43.6 Å². The summed E-state index contributed by atoms with van der Waals surface area (Å²) in [4.78, 5) is 10.1. The number of hydrogen-bond donors (Lipinski definition) is 0. The van der Waals surface area contributed by atoms with Crippen LogP contribution < -0.4 is 0 Å². The van der Waals surface area contributed by atoms with Gasteiger partial charge in [0.25, 0.3) is 0 Å². The third-order valence-corrected chi connectivity index (χ3v) is 9.56. The Hall–Kier alpha value is -6.52. The van der Waals surface area contributed by atoms with E-state index in [1.54, 1.807) is 0 Å². The molecule has 0 aliphatic carbocycles. The molecular weight excluding hydrogens is 585 g/mol. The Kier molecular flexibility index (Phi) is 5.84. The van der Waals surface area contributed by atoms with Crippen LogP contribution in [0.1, 0.15) is 0 Å². The van der Waals surface area contributed by atoms with Crippen molar-refractivity contribution in [1.82, 2.24) is 19.1 Å². The van der Waals surface area contributed by atoms with Crippen LogP contribution in [0.3, 0.4) is 0 Å². The van der Waals surface area contributed by atoms with Gasteiger partial charge in [-0.15, -0.1) is 0 Å². The molecule has 4 aromatic heterocycles. The molecule has 10 aromatic rings. The predicted molar refractivity (Wildman–Crippen MR) is 199 cm³/mol. The number of nitrogens with zero attached hydrogens (tertiary/aromatic N) is 4. The van der Waals surface area contributed by atoms with Gasteiger partial charge in [0.05, 0.1) is 33.5 Å². The molecule has 6 aromatic carbocycles. The SMILES string of the molecule is c1ccc2c(c1)c1ccccc1n2-c1ccc(-c2ccc3ccc(-c4ccc(-n5c6ccccc6c6ccccc65)cc4)nc3n2)cc1. The molecule has 0 spiro atoms.